The fourth-order valence-corrected chi connectivity index (χ4v) is 4.28. The summed E-state index contributed by atoms with van der Waals surface area (Å²) in [5.74, 6) is 0.596. The van der Waals surface area contributed by atoms with Gasteiger partial charge in [0.1, 0.15) is 16.7 Å². The van der Waals surface area contributed by atoms with Crippen LogP contribution in [-0.4, -0.2) is 31.8 Å². The summed E-state index contributed by atoms with van der Waals surface area (Å²) in [6.45, 7) is 2.36. The highest BCUT2D eigenvalue weighted by Gasteiger charge is 2.18. The smallest absolute Gasteiger partial charge is 0.348 e. The van der Waals surface area contributed by atoms with Crippen LogP contribution in [-0.2, 0) is 11.2 Å². The minimum Gasteiger partial charge on any atom is -0.490 e. The van der Waals surface area contributed by atoms with Gasteiger partial charge in [0.2, 0.25) is 0 Å². The van der Waals surface area contributed by atoms with E-state index in [1.807, 2.05) is 54.6 Å². The summed E-state index contributed by atoms with van der Waals surface area (Å²) in [6, 6.07) is 17.9. The zero-order chi connectivity index (χ0) is 18.5. The van der Waals surface area contributed by atoms with E-state index in [2.05, 4.69) is 5.32 Å². The molecular formula is C22H23NO3S. The maximum atomic E-state index is 12.4. The second-order valence-electron chi connectivity index (χ2n) is 6.72. The average molecular weight is 381 g/mol. The van der Waals surface area contributed by atoms with E-state index in [0.717, 1.165) is 48.2 Å². The normalized spacial score (nSPS) is 15.0. The average Bonchev–Trinajstić information content (AvgIpc) is 3.15. The molecule has 1 aromatic heterocycles. The monoisotopic (exact) mass is 381 g/mol. The fourth-order valence-electron chi connectivity index (χ4n) is 3.31. The van der Waals surface area contributed by atoms with Gasteiger partial charge in [0.25, 0.3) is 0 Å². The summed E-state index contributed by atoms with van der Waals surface area (Å²) in [6.07, 6.45) is 2.98. The molecule has 0 bridgehead atoms. The third-order valence-electron chi connectivity index (χ3n) is 4.77. The predicted molar refractivity (Wildman–Crippen MR) is 109 cm³/mol. The molecule has 1 aliphatic rings. The van der Waals surface area contributed by atoms with Crippen LogP contribution in [0.3, 0.4) is 0 Å². The summed E-state index contributed by atoms with van der Waals surface area (Å²) in [5, 5.41) is 4.35. The quantitative estimate of drug-likeness (QED) is 0.642. The Labute approximate surface area is 163 Å². The van der Waals surface area contributed by atoms with Gasteiger partial charge in [0.15, 0.2) is 0 Å². The van der Waals surface area contributed by atoms with Gasteiger partial charge in [-0.2, -0.15) is 0 Å². The number of rotatable bonds is 6. The molecule has 1 N–H and O–H groups in total. The molecule has 4 rings (SSSR count). The lowest BCUT2D eigenvalue weighted by atomic mass is 10.1. The van der Waals surface area contributed by atoms with Crippen LogP contribution in [0.5, 0.6) is 5.75 Å². The highest BCUT2D eigenvalue weighted by molar-refractivity contribution is 7.20. The van der Waals surface area contributed by atoms with Crippen molar-refractivity contribution in [3.8, 4) is 5.75 Å². The van der Waals surface area contributed by atoms with Crippen molar-refractivity contribution in [1.29, 1.82) is 0 Å². The molecule has 0 spiro atoms. The predicted octanol–water partition coefficient (Wildman–Crippen LogP) is 4.43. The number of carbonyl (C=O) groups excluding carboxylic acids is 1. The SMILES string of the molecule is O=C(OCCc1ccccc1)c1cc2c(OC3CCNCC3)cccc2s1. The Kier molecular flexibility index (Phi) is 5.70. The van der Waals surface area contributed by atoms with Gasteiger partial charge in [-0.3, -0.25) is 0 Å². The molecule has 4 nitrogen and oxygen atoms in total. The van der Waals surface area contributed by atoms with E-state index in [4.69, 9.17) is 9.47 Å². The Morgan fingerprint density at radius 3 is 2.70 bits per heavy atom. The third-order valence-corrected chi connectivity index (χ3v) is 5.85. The number of carbonyl (C=O) groups is 1. The summed E-state index contributed by atoms with van der Waals surface area (Å²) in [7, 11) is 0. The van der Waals surface area contributed by atoms with Gasteiger partial charge in [-0.25, -0.2) is 4.79 Å². The molecular weight excluding hydrogens is 358 g/mol. The van der Waals surface area contributed by atoms with E-state index in [-0.39, 0.29) is 12.1 Å². The van der Waals surface area contributed by atoms with Crippen LogP contribution in [0.1, 0.15) is 28.1 Å². The number of ether oxygens (including phenoxy) is 2. The molecule has 1 saturated heterocycles. The number of esters is 1. The number of nitrogens with one attached hydrogen (secondary N) is 1. The number of hydrogen-bond donors (Lipinski definition) is 1. The minimum absolute atomic E-state index is 0.234. The number of fused-ring (bicyclic) bond motifs is 1. The van der Waals surface area contributed by atoms with Crippen molar-refractivity contribution in [2.75, 3.05) is 19.7 Å². The van der Waals surface area contributed by atoms with Gasteiger partial charge in [0, 0.05) is 16.5 Å². The van der Waals surface area contributed by atoms with Crippen molar-refractivity contribution in [3.63, 3.8) is 0 Å². The van der Waals surface area contributed by atoms with E-state index in [0.29, 0.717) is 11.5 Å². The molecule has 2 aromatic carbocycles. The van der Waals surface area contributed by atoms with Crippen LogP contribution in [0.4, 0.5) is 0 Å². The maximum absolute atomic E-state index is 12.4. The van der Waals surface area contributed by atoms with Crippen molar-refractivity contribution in [2.24, 2.45) is 0 Å². The largest absolute Gasteiger partial charge is 0.490 e. The Hall–Kier alpha value is -2.37. The van der Waals surface area contributed by atoms with Crippen LogP contribution < -0.4 is 10.1 Å². The number of piperidine rings is 1. The molecule has 27 heavy (non-hydrogen) atoms. The van der Waals surface area contributed by atoms with Crippen molar-refractivity contribution in [2.45, 2.75) is 25.4 Å². The highest BCUT2D eigenvalue weighted by Crippen LogP contribution is 2.34. The molecule has 0 saturated carbocycles. The van der Waals surface area contributed by atoms with Gasteiger partial charge in [-0.1, -0.05) is 36.4 Å². The van der Waals surface area contributed by atoms with Crippen molar-refractivity contribution < 1.29 is 14.3 Å². The summed E-state index contributed by atoms with van der Waals surface area (Å²) in [4.78, 5) is 13.1. The van der Waals surface area contributed by atoms with E-state index in [1.165, 1.54) is 16.9 Å². The molecule has 0 amide bonds. The number of thiophene rings is 1. The first-order valence-corrected chi connectivity index (χ1v) is 10.2. The maximum Gasteiger partial charge on any atom is 0.348 e. The number of benzene rings is 2. The molecule has 2 heterocycles. The lowest BCUT2D eigenvalue weighted by molar-refractivity contribution is 0.0515. The number of hydrogen-bond acceptors (Lipinski definition) is 5. The second kappa shape index (κ2) is 8.55. The van der Waals surface area contributed by atoms with Crippen molar-refractivity contribution in [3.05, 3.63) is 65.0 Å². The zero-order valence-corrected chi connectivity index (χ0v) is 16.0. The van der Waals surface area contributed by atoms with E-state index < -0.39 is 0 Å². The topological polar surface area (TPSA) is 47.6 Å². The van der Waals surface area contributed by atoms with Gasteiger partial charge >= 0.3 is 5.97 Å². The highest BCUT2D eigenvalue weighted by atomic mass is 32.1. The summed E-state index contributed by atoms with van der Waals surface area (Å²) < 4.78 is 12.7. The van der Waals surface area contributed by atoms with E-state index in [1.54, 1.807) is 0 Å². The fraction of sp³-hybridized carbons (Fsp3) is 0.318. The van der Waals surface area contributed by atoms with Crippen molar-refractivity contribution >= 4 is 27.4 Å². The van der Waals surface area contributed by atoms with Gasteiger partial charge < -0.3 is 14.8 Å². The molecule has 0 unspecified atom stereocenters. The molecule has 3 aromatic rings. The molecule has 5 heteroatoms. The second-order valence-corrected chi connectivity index (χ2v) is 7.80. The standard InChI is InChI=1S/C22H23NO3S/c24-22(25-14-11-16-5-2-1-3-6-16)21-15-18-19(7-4-8-20(18)27-21)26-17-9-12-23-13-10-17/h1-8,15,17,23H,9-14H2. The molecule has 0 radical (unpaired) electrons. The lowest BCUT2D eigenvalue weighted by Crippen LogP contribution is -2.34. The summed E-state index contributed by atoms with van der Waals surface area (Å²) in [5.41, 5.74) is 1.17. The van der Waals surface area contributed by atoms with Gasteiger partial charge in [-0.15, -0.1) is 11.3 Å². The van der Waals surface area contributed by atoms with Crippen LogP contribution in [0.2, 0.25) is 0 Å². The Bertz CT molecular complexity index is 900. The van der Waals surface area contributed by atoms with E-state index in [9.17, 15) is 4.79 Å². The van der Waals surface area contributed by atoms with Crippen LogP contribution in [0, 0.1) is 0 Å². The van der Waals surface area contributed by atoms with Gasteiger partial charge in [-0.05, 0) is 49.7 Å². The zero-order valence-electron chi connectivity index (χ0n) is 15.1. The Balaban J connectivity index is 1.42. The first-order valence-electron chi connectivity index (χ1n) is 9.40. The molecule has 1 fully saturated rings. The van der Waals surface area contributed by atoms with Crippen LogP contribution in [0.15, 0.2) is 54.6 Å². The van der Waals surface area contributed by atoms with Gasteiger partial charge in [0.05, 0.1) is 6.61 Å². The van der Waals surface area contributed by atoms with Crippen molar-refractivity contribution in [1.82, 2.24) is 5.32 Å². The summed E-state index contributed by atoms with van der Waals surface area (Å²) >= 11 is 1.46. The van der Waals surface area contributed by atoms with E-state index >= 15 is 0 Å². The Morgan fingerprint density at radius 1 is 1.07 bits per heavy atom. The molecule has 1 aliphatic heterocycles. The van der Waals surface area contributed by atoms with Crippen LogP contribution in [0.25, 0.3) is 10.1 Å². The first-order chi connectivity index (χ1) is 13.3. The molecule has 140 valence electrons. The first kappa shape index (κ1) is 18.0. The Morgan fingerprint density at radius 2 is 1.89 bits per heavy atom. The molecule has 0 aliphatic carbocycles. The molecule has 0 atom stereocenters. The third kappa shape index (κ3) is 4.49. The van der Waals surface area contributed by atoms with Crippen LogP contribution >= 0.6 is 11.3 Å². The minimum atomic E-state index is -0.264. The lowest BCUT2D eigenvalue weighted by Gasteiger charge is -2.24.